The lowest BCUT2D eigenvalue weighted by molar-refractivity contribution is -0.134. The molecule has 2 aromatic heterocycles. The summed E-state index contributed by atoms with van der Waals surface area (Å²) in [6, 6.07) is 14.3. The van der Waals surface area contributed by atoms with Gasteiger partial charge in [-0.25, -0.2) is 0 Å². The van der Waals surface area contributed by atoms with Crippen molar-refractivity contribution in [2.75, 3.05) is 0 Å². The lowest BCUT2D eigenvalue weighted by atomic mass is 10.2. The lowest BCUT2D eigenvalue weighted by Crippen LogP contribution is -2.36. The molecule has 33 heavy (non-hydrogen) atoms. The Morgan fingerprint density at radius 2 is 1.79 bits per heavy atom. The Hall–Kier alpha value is -3.23. The molecule has 0 bridgehead atoms. The van der Waals surface area contributed by atoms with Crippen LogP contribution >= 0.6 is 23.2 Å². The van der Waals surface area contributed by atoms with Crippen LogP contribution in [0.1, 0.15) is 32.0 Å². The summed E-state index contributed by atoms with van der Waals surface area (Å²) in [6.45, 7) is 4.04. The van der Waals surface area contributed by atoms with Gasteiger partial charge < -0.3 is 13.8 Å². The van der Waals surface area contributed by atoms with Gasteiger partial charge in [0.2, 0.25) is 29.4 Å². The fourth-order valence-corrected chi connectivity index (χ4v) is 3.54. The van der Waals surface area contributed by atoms with E-state index in [1.54, 1.807) is 29.2 Å². The number of benzene rings is 2. The predicted molar refractivity (Wildman–Crippen MR) is 123 cm³/mol. The topological polar surface area (TPSA) is 98.2 Å². The van der Waals surface area contributed by atoms with Crippen LogP contribution in [0.25, 0.3) is 22.8 Å². The molecule has 0 aliphatic heterocycles. The second-order valence-corrected chi connectivity index (χ2v) is 8.46. The van der Waals surface area contributed by atoms with Crippen LogP contribution in [0.4, 0.5) is 0 Å². The fourth-order valence-electron chi connectivity index (χ4n) is 3.20. The third-order valence-corrected chi connectivity index (χ3v) is 5.53. The third-order valence-electron chi connectivity index (χ3n) is 4.94. The van der Waals surface area contributed by atoms with Gasteiger partial charge in [0.25, 0.3) is 0 Å². The number of aromatic nitrogens is 4. The summed E-state index contributed by atoms with van der Waals surface area (Å²) in [5, 5.41) is 13.3. The van der Waals surface area contributed by atoms with Crippen LogP contribution in [0.2, 0.25) is 10.0 Å². The van der Waals surface area contributed by atoms with Crippen LogP contribution in [-0.4, -0.2) is 37.2 Å². The van der Waals surface area contributed by atoms with Gasteiger partial charge in [-0.2, -0.15) is 4.98 Å². The van der Waals surface area contributed by atoms with Crippen LogP contribution in [0.3, 0.4) is 0 Å². The molecule has 1 amide bonds. The van der Waals surface area contributed by atoms with Gasteiger partial charge in [-0.15, -0.1) is 10.2 Å². The Kier molecular flexibility index (Phi) is 7.05. The number of aryl methyl sites for hydroxylation is 1. The van der Waals surface area contributed by atoms with Gasteiger partial charge in [0, 0.05) is 29.5 Å². The molecule has 4 aromatic rings. The summed E-state index contributed by atoms with van der Waals surface area (Å²) < 4.78 is 11.1. The molecule has 2 heterocycles. The molecule has 0 N–H and O–H groups in total. The first-order valence-electron chi connectivity index (χ1n) is 10.4. The number of hydrogen-bond acceptors (Lipinski definition) is 7. The van der Waals surface area contributed by atoms with E-state index >= 15 is 0 Å². The van der Waals surface area contributed by atoms with Crippen LogP contribution in [0, 0.1) is 0 Å². The normalized spacial score (nSPS) is 11.2. The van der Waals surface area contributed by atoms with Crippen molar-refractivity contribution in [3.63, 3.8) is 0 Å². The molecule has 0 fully saturated rings. The van der Waals surface area contributed by atoms with E-state index in [1.165, 1.54) is 0 Å². The van der Waals surface area contributed by atoms with Crippen molar-refractivity contribution in [1.82, 2.24) is 25.2 Å². The first-order chi connectivity index (χ1) is 15.9. The average molecular weight is 486 g/mol. The van der Waals surface area contributed by atoms with E-state index in [2.05, 4.69) is 20.3 Å². The standard InChI is InChI=1S/C23H21Cl2N5O3/c1-14(2)30(13-20-27-28-23(32-20)17-5-3-4-6-18(17)25)21(31)12-11-19-26-22(29-33-19)15-7-9-16(24)10-8-15/h3-10,14H,11-13H2,1-2H3. The minimum absolute atomic E-state index is 0.0690. The van der Waals surface area contributed by atoms with Crippen molar-refractivity contribution in [3.8, 4) is 22.8 Å². The molecule has 0 saturated heterocycles. The average Bonchev–Trinajstić information content (AvgIpc) is 3.46. The van der Waals surface area contributed by atoms with Crippen LogP contribution in [-0.2, 0) is 17.8 Å². The maximum atomic E-state index is 12.9. The molecule has 10 heteroatoms. The summed E-state index contributed by atoms with van der Waals surface area (Å²) in [5.74, 6) is 1.39. The van der Waals surface area contributed by atoms with Gasteiger partial charge in [0.05, 0.1) is 17.1 Å². The van der Waals surface area contributed by atoms with Crippen LogP contribution in [0.5, 0.6) is 0 Å². The Morgan fingerprint density at radius 3 is 2.52 bits per heavy atom. The summed E-state index contributed by atoms with van der Waals surface area (Å²) in [4.78, 5) is 19.0. The van der Waals surface area contributed by atoms with Crippen LogP contribution in [0.15, 0.2) is 57.5 Å². The highest BCUT2D eigenvalue weighted by Gasteiger charge is 2.22. The zero-order valence-electron chi connectivity index (χ0n) is 18.0. The molecule has 170 valence electrons. The maximum Gasteiger partial charge on any atom is 0.249 e. The maximum absolute atomic E-state index is 12.9. The smallest absolute Gasteiger partial charge is 0.249 e. The summed E-state index contributed by atoms with van der Waals surface area (Å²) in [5.41, 5.74) is 1.43. The lowest BCUT2D eigenvalue weighted by Gasteiger charge is -2.25. The van der Waals surface area contributed by atoms with Gasteiger partial charge in [0.15, 0.2) is 0 Å². The molecule has 0 radical (unpaired) electrons. The number of carbonyl (C=O) groups is 1. The summed E-state index contributed by atoms with van der Waals surface area (Å²) in [6.07, 6.45) is 0.517. The Balaban J connectivity index is 1.39. The minimum Gasteiger partial charge on any atom is -0.419 e. The van der Waals surface area contributed by atoms with Gasteiger partial charge in [-0.05, 0) is 50.2 Å². The number of rotatable bonds is 8. The van der Waals surface area contributed by atoms with E-state index < -0.39 is 0 Å². The summed E-state index contributed by atoms with van der Waals surface area (Å²) >= 11 is 12.1. The van der Waals surface area contributed by atoms with Crippen molar-refractivity contribution in [2.45, 2.75) is 39.3 Å². The second kappa shape index (κ2) is 10.1. The minimum atomic E-state index is -0.0891. The van der Waals surface area contributed by atoms with E-state index in [-0.39, 0.29) is 24.9 Å². The van der Waals surface area contributed by atoms with E-state index in [1.807, 2.05) is 38.1 Å². The highest BCUT2D eigenvalue weighted by molar-refractivity contribution is 6.33. The van der Waals surface area contributed by atoms with Gasteiger partial charge in [-0.1, -0.05) is 40.5 Å². The van der Waals surface area contributed by atoms with Crippen molar-refractivity contribution in [1.29, 1.82) is 0 Å². The van der Waals surface area contributed by atoms with Crippen molar-refractivity contribution < 1.29 is 13.7 Å². The Morgan fingerprint density at radius 1 is 1.03 bits per heavy atom. The van der Waals surface area contributed by atoms with Crippen molar-refractivity contribution >= 4 is 29.1 Å². The molecule has 8 nitrogen and oxygen atoms in total. The first-order valence-corrected chi connectivity index (χ1v) is 11.1. The van der Waals surface area contributed by atoms with Crippen LogP contribution < -0.4 is 0 Å². The van der Waals surface area contributed by atoms with E-state index in [9.17, 15) is 4.79 Å². The predicted octanol–water partition coefficient (Wildman–Crippen LogP) is 5.46. The zero-order chi connectivity index (χ0) is 23.4. The quantitative estimate of drug-likeness (QED) is 0.326. The summed E-state index contributed by atoms with van der Waals surface area (Å²) in [7, 11) is 0. The Bertz CT molecular complexity index is 1240. The van der Waals surface area contributed by atoms with E-state index in [4.69, 9.17) is 32.1 Å². The fraction of sp³-hybridized carbons (Fsp3) is 0.261. The number of amides is 1. The van der Waals surface area contributed by atoms with Crippen molar-refractivity contribution in [2.24, 2.45) is 0 Å². The molecule has 0 atom stereocenters. The zero-order valence-corrected chi connectivity index (χ0v) is 19.5. The molecule has 0 spiro atoms. The molecule has 2 aromatic carbocycles. The SMILES string of the molecule is CC(C)N(Cc1nnc(-c2ccccc2Cl)o1)C(=O)CCc1nc(-c2ccc(Cl)cc2)no1. The second-order valence-electron chi connectivity index (χ2n) is 7.61. The Labute approximate surface area is 200 Å². The number of carbonyl (C=O) groups excluding carboxylic acids is 1. The number of nitrogens with zero attached hydrogens (tertiary/aromatic N) is 5. The molecule has 0 unspecified atom stereocenters. The molecule has 0 aliphatic rings. The van der Waals surface area contributed by atoms with E-state index in [0.717, 1.165) is 5.56 Å². The first kappa shape index (κ1) is 22.9. The van der Waals surface area contributed by atoms with E-state index in [0.29, 0.717) is 45.5 Å². The highest BCUT2D eigenvalue weighted by atomic mass is 35.5. The van der Waals surface area contributed by atoms with Gasteiger partial charge in [0.1, 0.15) is 0 Å². The monoisotopic (exact) mass is 485 g/mol. The molecule has 0 aliphatic carbocycles. The molecular weight excluding hydrogens is 465 g/mol. The highest BCUT2D eigenvalue weighted by Crippen LogP contribution is 2.26. The van der Waals surface area contributed by atoms with Crippen molar-refractivity contribution in [3.05, 3.63) is 70.4 Å². The number of halogens is 2. The van der Waals surface area contributed by atoms with Gasteiger partial charge >= 0.3 is 0 Å². The third kappa shape index (κ3) is 5.58. The molecule has 0 saturated carbocycles. The van der Waals surface area contributed by atoms with Gasteiger partial charge in [-0.3, -0.25) is 4.79 Å². The molecular formula is C23H21Cl2N5O3. The number of hydrogen-bond donors (Lipinski definition) is 0. The largest absolute Gasteiger partial charge is 0.419 e. The molecule has 4 rings (SSSR count).